The zero-order chi connectivity index (χ0) is 35.7. The van der Waals surface area contributed by atoms with Crippen LogP contribution in [0.5, 0.6) is 17.2 Å². The Morgan fingerprint density at radius 2 is 1.54 bits per heavy atom. The quantitative estimate of drug-likeness (QED) is 0.0818. The number of ether oxygens (including phenoxy) is 3. The van der Waals surface area contributed by atoms with Crippen molar-refractivity contribution in [3.05, 3.63) is 108 Å². The first-order valence-electron chi connectivity index (χ1n) is 17.5. The summed E-state index contributed by atoms with van der Waals surface area (Å²) in [5, 5.41) is 9.99. The molecule has 0 saturated carbocycles. The summed E-state index contributed by atoms with van der Waals surface area (Å²) in [5.74, 6) is 1.36. The highest BCUT2D eigenvalue weighted by atomic mass is 35.5. The van der Waals surface area contributed by atoms with E-state index in [1.807, 2.05) is 103 Å². The van der Waals surface area contributed by atoms with Gasteiger partial charge < -0.3 is 33.7 Å². The highest BCUT2D eigenvalue weighted by Crippen LogP contribution is 2.36. The van der Waals surface area contributed by atoms with Crippen LogP contribution in [0.2, 0.25) is 0 Å². The van der Waals surface area contributed by atoms with Crippen molar-refractivity contribution in [1.82, 2.24) is 9.47 Å². The van der Waals surface area contributed by atoms with Gasteiger partial charge in [0.25, 0.3) is 0 Å². The molecule has 0 radical (unpaired) electrons. The van der Waals surface area contributed by atoms with Gasteiger partial charge in [-0.25, -0.2) is 0 Å². The van der Waals surface area contributed by atoms with E-state index < -0.39 is 5.97 Å². The van der Waals surface area contributed by atoms with Crippen LogP contribution in [0.15, 0.2) is 97.2 Å². The maximum Gasteiger partial charge on any atom is 0.303 e. The number of ketones is 1. The van der Waals surface area contributed by atoms with Gasteiger partial charge in [0, 0.05) is 86.7 Å². The average molecular weight is 727 g/mol. The topological polar surface area (TPSA) is 96.7 Å². The molecule has 6 rings (SSSR count). The number of aliphatic carboxylic acids is 1. The molecule has 2 heterocycles. The molecule has 0 bridgehead atoms. The van der Waals surface area contributed by atoms with Gasteiger partial charge in [0.2, 0.25) is 0 Å². The molecule has 4 aromatic carbocycles. The van der Waals surface area contributed by atoms with E-state index in [1.54, 1.807) is 14.2 Å². The SMILES string of the molecule is COc1ccc(N(C)c2ccc(C(=O)c3cn(CCCC(=O)O)c4ccccc34)cc2OCCCN2CCN(c3ccccc3OC)CC2)cc1.Cl. The number of carboxylic acids is 1. The zero-order valence-electron chi connectivity index (χ0n) is 30.0. The number of benzene rings is 4. The first-order chi connectivity index (χ1) is 24.9. The summed E-state index contributed by atoms with van der Waals surface area (Å²) >= 11 is 0. The van der Waals surface area contributed by atoms with Gasteiger partial charge in [0.05, 0.1) is 32.2 Å². The van der Waals surface area contributed by atoms with E-state index in [-0.39, 0.29) is 24.6 Å². The highest BCUT2D eigenvalue weighted by Gasteiger charge is 2.22. The summed E-state index contributed by atoms with van der Waals surface area (Å²) in [5.41, 5.74) is 4.94. The van der Waals surface area contributed by atoms with Gasteiger partial charge in [0.1, 0.15) is 17.2 Å². The van der Waals surface area contributed by atoms with Crippen LogP contribution >= 0.6 is 12.4 Å². The van der Waals surface area contributed by atoms with Gasteiger partial charge in [-0.2, -0.15) is 0 Å². The van der Waals surface area contributed by atoms with Crippen molar-refractivity contribution in [3.63, 3.8) is 0 Å². The van der Waals surface area contributed by atoms with Crippen molar-refractivity contribution in [2.45, 2.75) is 25.8 Å². The maximum atomic E-state index is 14.1. The molecule has 0 aliphatic carbocycles. The van der Waals surface area contributed by atoms with Gasteiger partial charge in [-0.1, -0.05) is 30.3 Å². The molecule has 274 valence electrons. The molecule has 1 saturated heterocycles. The molecule has 0 atom stereocenters. The average Bonchev–Trinajstić information content (AvgIpc) is 3.54. The summed E-state index contributed by atoms with van der Waals surface area (Å²) in [6.07, 6.45) is 3.23. The number of carboxylic acid groups (broad SMARTS) is 1. The predicted octanol–water partition coefficient (Wildman–Crippen LogP) is 7.54. The van der Waals surface area contributed by atoms with E-state index >= 15 is 0 Å². The van der Waals surface area contributed by atoms with E-state index in [1.165, 1.54) is 0 Å². The molecule has 0 amide bonds. The Balaban J connectivity index is 0.00000523. The number of methoxy groups -OCH3 is 2. The van der Waals surface area contributed by atoms with Crippen molar-refractivity contribution in [3.8, 4) is 17.2 Å². The number of carbonyl (C=O) groups excluding carboxylic acids is 1. The predicted molar refractivity (Wildman–Crippen MR) is 209 cm³/mol. The molecule has 11 heteroatoms. The molecule has 1 aliphatic heterocycles. The lowest BCUT2D eigenvalue weighted by molar-refractivity contribution is -0.137. The first-order valence-corrected chi connectivity index (χ1v) is 17.5. The summed E-state index contributed by atoms with van der Waals surface area (Å²) in [6.45, 7) is 5.68. The molecule has 0 unspecified atom stereocenters. The Hall–Kier alpha value is -5.19. The summed E-state index contributed by atoms with van der Waals surface area (Å²) in [6, 6.07) is 29.4. The third kappa shape index (κ3) is 8.81. The monoisotopic (exact) mass is 726 g/mol. The molecule has 1 N–H and O–H groups in total. The number of carbonyl (C=O) groups is 2. The number of rotatable bonds is 16. The number of hydrogen-bond acceptors (Lipinski definition) is 8. The summed E-state index contributed by atoms with van der Waals surface area (Å²) < 4.78 is 19.4. The molecule has 0 spiro atoms. The van der Waals surface area contributed by atoms with Gasteiger partial charge in [-0.15, -0.1) is 12.4 Å². The molecule has 52 heavy (non-hydrogen) atoms. The standard InChI is InChI=1S/C41H46N4O6.ClH/c1-42(31-16-18-32(49-2)19-17-31)36-20-15-30(41(48)34-29-45(22-8-14-40(46)47)35-11-5-4-10-33(34)35)28-39(36)51-27-9-21-43-23-25-44(26-24-43)37-12-6-7-13-38(37)50-3;/h4-7,10-13,15-20,28-29H,8-9,14,21-27H2,1-3H3,(H,46,47);1H. The van der Waals surface area contributed by atoms with Gasteiger partial charge >= 0.3 is 5.97 Å². The van der Waals surface area contributed by atoms with Crippen LogP contribution < -0.4 is 24.0 Å². The van der Waals surface area contributed by atoms with Crippen LogP contribution in [0.25, 0.3) is 10.9 Å². The van der Waals surface area contributed by atoms with Crippen molar-refractivity contribution in [2.24, 2.45) is 0 Å². The number of halogens is 1. The maximum absolute atomic E-state index is 14.1. The minimum Gasteiger partial charge on any atom is -0.497 e. The second-order valence-electron chi connectivity index (χ2n) is 12.7. The van der Waals surface area contributed by atoms with Crippen LogP contribution in [0.1, 0.15) is 35.2 Å². The normalized spacial score (nSPS) is 13.0. The second-order valence-corrected chi connectivity index (χ2v) is 12.7. The van der Waals surface area contributed by atoms with Crippen LogP contribution in [-0.2, 0) is 11.3 Å². The molecular formula is C41H47ClN4O6. The van der Waals surface area contributed by atoms with Crippen molar-refractivity contribution in [1.29, 1.82) is 0 Å². The number of para-hydroxylation sites is 3. The number of fused-ring (bicyclic) bond motifs is 1. The number of hydrogen-bond donors (Lipinski definition) is 1. The third-order valence-electron chi connectivity index (χ3n) is 9.54. The molecule has 5 aromatic rings. The minimum atomic E-state index is -0.832. The fraction of sp³-hybridized carbons (Fsp3) is 0.317. The number of piperazine rings is 1. The van der Waals surface area contributed by atoms with Gasteiger partial charge in [-0.3, -0.25) is 14.5 Å². The largest absolute Gasteiger partial charge is 0.497 e. The fourth-order valence-electron chi connectivity index (χ4n) is 6.74. The Morgan fingerprint density at radius 1 is 0.808 bits per heavy atom. The highest BCUT2D eigenvalue weighted by molar-refractivity contribution is 6.16. The molecular weight excluding hydrogens is 680 g/mol. The lowest BCUT2D eigenvalue weighted by atomic mass is 10.0. The second kappa shape index (κ2) is 17.8. The lowest BCUT2D eigenvalue weighted by Crippen LogP contribution is -2.46. The van der Waals surface area contributed by atoms with Crippen LogP contribution in [0.3, 0.4) is 0 Å². The third-order valence-corrected chi connectivity index (χ3v) is 9.54. The van der Waals surface area contributed by atoms with Crippen LogP contribution in [-0.4, -0.2) is 86.9 Å². The zero-order valence-corrected chi connectivity index (χ0v) is 30.8. The van der Waals surface area contributed by atoms with Crippen LogP contribution in [0, 0.1) is 0 Å². The number of nitrogens with zero attached hydrogens (tertiary/aromatic N) is 4. The lowest BCUT2D eigenvalue weighted by Gasteiger charge is -2.36. The van der Waals surface area contributed by atoms with Gasteiger partial charge in [-0.05, 0) is 73.5 Å². The minimum absolute atomic E-state index is 0. The molecule has 1 aromatic heterocycles. The van der Waals surface area contributed by atoms with Crippen LogP contribution in [0.4, 0.5) is 17.1 Å². The van der Waals surface area contributed by atoms with E-state index in [2.05, 4.69) is 20.8 Å². The van der Waals surface area contributed by atoms with Crippen molar-refractivity contribution >= 4 is 52.1 Å². The summed E-state index contributed by atoms with van der Waals surface area (Å²) in [7, 11) is 5.35. The fourth-order valence-corrected chi connectivity index (χ4v) is 6.74. The molecule has 1 fully saturated rings. The Labute approximate surface area is 311 Å². The first kappa shape index (κ1) is 38.1. The van der Waals surface area contributed by atoms with E-state index in [4.69, 9.17) is 19.3 Å². The Kier molecular flexibility index (Phi) is 13.1. The number of anilines is 3. The van der Waals surface area contributed by atoms with Crippen molar-refractivity contribution in [2.75, 3.05) is 70.4 Å². The molecule has 10 nitrogen and oxygen atoms in total. The van der Waals surface area contributed by atoms with Crippen molar-refractivity contribution < 1.29 is 28.9 Å². The molecule has 1 aliphatic rings. The number of aromatic nitrogens is 1. The van der Waals surface area contributed by atoms with E-state index in [9.17, 15) is 9.59 Å². The Bertz CT molecular complexity index is 1960. The number of aryl methyl sites for hydroxylation is 1. The smallest absolute Gasteiger partial charge is 0.303 e. The van der Waals surface area contributed by atoms with E-state index in [0.717, 1.165) is 78.6 Å². The Morgan fingerprint density at radius 3 is 2.27 bits per heavy atom. The van der Waals surface area contributed by atoms with E-state index in [0.29, 0.717) is 36.4 Å². The van der Waals surface area contributed by atoms with Gasteiger partial charge in [0.15, 0.2) is 5.78 Å². The summed E-state index contributed by atoms with van der Waals surface area (Å²) in [4.78, 5) is 32.2.